The molecule has 178 valence electrons. The number of ether oxygens (including phenoxy) is 1. The van der Waals surface area contributed by atoms with Gasteiger partial charge in [0, 0.05) is 5.69 Å². The van der Waals surface area contributed by atoms with Crippen molar-refractivity contribution in [2.45, 2.75) is 40.7 Å². The largest absolute Gasteiger partial charge is 0.504 e. The van der Waals surface area contributed by atoms with Gasteiger partial charge in [-0.05, 0) is 98.8 Å². The highest BCUT2D eigenvalue weighted by Gasteiger charge is 2.44. The van der Waals surface area contributed by atoms with Crippen LogP contribution < -0.4 is 15.1 Å². The van der Waals surface area contributed by atoms with Crippen LogP contribution in [0.4, 0.5) is 5.69 Å². The summed E-state index contributed by atoms with van der Waals surface area (Å²) in [6.07, 6.45) is 0. The first-order chi connectivity index (χ1) is 16.7. The SMILES string of the molecule is CCOc1cc(C2c3c(oc4cc(C)c(C)cc4c3=O)C(=O)N2c2ccc(C)c(C)c2)ccc1O. The van der Waals surface area contributed by atoms with Crippen molar-refractivity contribution in [3.05, 3.63) is 97.9 Å². The Kier molecular flexibility index (Phi) is 5.39. The molecule has 6 heteroatoms. The molecule has 1 amide bonds. The highest BCUT2D eigenvalue weighted by atomic mass is 16.5. The first-order valence-corrected chi connectivity index (χ1v) is 11.7. The summed E-state index contributed by atoms with van der Waals surface area (Å²) in [7, 11) is 0. The molecule has 5 rings (SSSR count). The number of amides is 1. The van der Waals surface area contributed by atoms with Crippen LogP contribution in [0.15, 0.2) is 57.7 Å². The zero-order valence-corrected chi connectivity index (χ0v) is 20.4. The topological polar surface area (TPSA) is 80.0 Å². The van der Waals surface area contributed by atoms with E-state index in [2.05, 4.69) is 0 Å². The molecule has 2 heterocycles. The third-order valence-corrected chi connectivity index (χ3v) is 6.85. The molecule has 1 aliphatic heterocycles. The third-order valence-electron chi connectivity index (χ3n) is 6.85. The van der Waals surface area contributed by atoms with Crippen LogP contribution in [0.1, 0.15) is 56.9 Å². The number of phenols is 1. The number of anilines is 1. The fourth-order valence-corrected chi connectivity index (χ4v) is 4.66. The van der Waals surface area contributed by atoms with Crippen LogP contribution in [0.5, 0.6) is 11.5 Å². The van der Waals surface area contributed by atoms with Crippen LogP contribution in [-0.2, 0) is 0 Å². The molecule has 0 saturated heterocycles. The molecule has 0 radical (unpaired) electrons. The minimum atomic E-state index is -0.735. The number of nitrogens with zero attached hydrogens (tertiary/aromatic N) is 1. The van der Waals surface area contributed by atoms with Gasteiger partial charge in [-0.25, -0.2) is 0 Å². The molecule has 1 atom stereocenters. The minimum absolute atomic E-state index is 0.00507. The lowest BCUT2D eigenvalue weighted by atomic mass is 9.96. The van der Waals surface area contributed by atoms with Gasteiger partial charge in [0.1, 0.15) is 5.58 Å². The minimum Gasteiger partial charge on any atom is -0.504 e. The van der Waals surface area contributed by atoms with Crippen LogP contribution in [0.3, 0.4) is 0 Å². The predicted octanol–water partition coefficient (Wildman–Crippen LogP) is 5.88. The van der Waals surface area contributed by atoms with Gasteiger partial charge in [-0.15, -0.1) is 0 Å². The normalized spacial score (nSPS) is 15.1. The van der Waals surface area contributed by atoms with E-state index < -0.39 is 6.04 Å². The Morgan fingerprint density at radius 1 is 0.914 bits per heavy atom. The predicted molar refractivity (Wildman–Crippen MR) is 136 cm³/mol. The van der Waals surface area contributed by atoms with E-state index in [9.17, 15) is 14.7 Å². The molecule has 0 aliphatic carbocycles. The number of phenolic OH excluding ortho intramolecular Hbond substituents is 1. The second-order valence-electron chi connectivity index (χ2n) is 9.11. The maximum absolute atomic E-state index is 13.9. The Labute approximate surface area is 203 Å². The van der Waals surface area contributed by atoms with E-state index in [0.29, 0.717) is 34.6 Å². The number of benzene rings is 3. The summed E-state index contributed by atoms with van der Waals surface area (Å²) >= 11 is 0. The van der Waals surface area contributed by atoms with Crippen molar-refractivity contribution >= 4 is 22.6 Å². The molecule has 35 heavy (non-hydrogen) atoms. The van der Waals surface area contributed by atoms with E-state index in [-0.39, 0.29) is 28.4 Å². The standard InChI is InChI=1S/C29H27NO5/c1-6-34-24-14-19(8-10-22(24)31)26-25-27(32)21-12-17(4)18(5)13-23(21)35-28(25)29(33)30(26)20-9-7-15(2)16(3)11-20/h7-14,26,31H,6H2,1-5H3. The van der Waals surface area contributed by atoms with Crippen molar-refractivity contribution in [2.75, 3.05) is 11.5 Å². The monoisotopic (exact) mass is 469 g/mol. The molecular formula is C29H27NO5. The molecule has 1 aliphatic rings. The van der Waals surface area contributed by atoms with Gasteiger partial charge in [0.2, 0.25) is 5.76 Å². The van der Waals surface area contributed by atoms with Gasteiger partial charge in [0.25, 0.3) is 5.91 Å². The Hall–Kier alpha value is -4.06. The van der Waals surface area contributed by atoms with Crippen LogP contribution in [0.2, 0.25) is 0 Å². The molecule has 3 aromatic carbocycles. The zero-order valence-electron chi connectivity index (χ0n) is 20.4. The Balaban J connectivity index is 1.82. The van der Waals surface area contributed by atoms with Gasteiger partial charge >= 0.3 is 0 Å². The number of rotatable bonds is 4. The molecule has 0 bridgehead atoms. The molecule has 0 fully saturated rings. The maximum atomic E-state index is 13.9. The summed E-state index contributed by atoms with van der Waals surface area (Å²) in [6.45, 7) is 10.1. The number of hydrogen-bond acceptors (Lipinski definition) is 5. The van der Waals surface area contributed by atoms with Crippen molar-refractivity contribution in [1.29, 1.82) is 0 Å². The van der Waals surface area contributed by atoms with Gasteiger partial charge in [-0.1, -0.05) is 12.1 Å². The van der Waals surface area contributed by atoms with Gasteiger partial charge in [0.15, 0.2) is 16.9 Å². The lowest BCUT2D eigenvalue weighted by Gasteiger charge is -2.26. The summed E-state index contributed by atoms with van der Waals surface area (Å²) in [4.78, 5) is 29.3. The van der Waals surface area contributed by atoms with Crippen molar-refractivity contribution in [3.63, 3.8) is 0 Å². The summed E-state index contributed by atoms with van der Waals surface area (Å²) in [5.41, 5.74) is 5.84. The molecule has 1 aromatic heterocycles. The number of fused-ring (bicyclic) bond motifs is 2. The Morgan fingerprint density at radius 2 is 1.63 bits per heavy atom. The summed E-state index contributed by atoms with van der Waals surface area (Å²) in [5.74, 6) is -0.0476. The van der Waals surface area contributed by atoms with Gasteiger partial charge in [-0.3, -0.25) is 14.5 Å². The van der Waals surface area contributed by atoms with E-state index in [1.165, 1.54) is 6.07 Å². The lowest BCUT2D eigenvalue weighted by molar-refractivity contribution is 0.0971. The zero-order chi connectivity index (χ0) is 25.0. The number of hydrogen-bond donors (Lipinski definition) is 1. The van der Waals surface area contributed by atoms with Crippen LogP contribution in [0.25, 0.3) is 11.0 Å². The first-order valence-electron chi connectivity index (χ1n) is 11.7. The molecule has 4 aromatic rings. The Bertz CT molecular complexity index is 1570. The number of aryl methyl sites for hydroxylation is 4. The molecular weight excluding hydrogens is 442 g/mol. The smallest absolute Gasteiger partial charge is 0.295 e. The van der Waals surface area contributed by atoms with Crippen molar-refractivity contribution in [1.82, 2.24) is 0 Å². The number of carbonyl (C=O) groups is 1. The number of carbonyl (C=O) groups excluding carboxylic acids is 1. The second-order valence-corrected chi connectivity index (χ2v) is 9.11. The highest BCUT2D eigenvalue weighted by Crippen LogP contribution is 2.43. The van der Waals surface area contributed by atoms with E-state index in [4.69, 9.17) is 9.15 Å². The third kappa shape index (κ3) is 3.57. The fraction of sp³-hybridized carbons (Fsp3) is 0.241. The average Bonchev–Trinajstić information content (AvgIpc) is 3.11. The van der Waals surface area contributed by atoms with E-state index >= 15 is 0 Å². The van der Waals surface area contributed by atoms with Gasteiger partial charge < -0.3 is 14.3 Å². The van der Waals surface area contributed by atoms with Crippen LogP contribution >= 0.6 is 0 Å². The van der Waals surface area contributed by atoms with Crippen molar-refractivity contribution < 1.29 is 19.1 Å². The van der Waals surface area contributed by atoms with Crippen LogP contribution in [-0.4, -0.2) is 17.6 Å². The molecule has 1 unspecified atom stereocenters. The van der Waals surface area contributed by atoms with E-state index in [1.807, 2.05) is 58.9 Å². The van der Waals surface area contributed by atoms with Gasteiger partial charge in [-0.2, -0.15) is 0 Å². The van der Waals surface area contributed by atoms with E-state index in [1.54, 1.807) is 23.1 Å². The number of aromatic hydroxyl groups is 1. The highest BCUT2D eigenvalue weighted by molar-refractivity contribution is 6.10. The fourth-order valence-electron chi connectivity index (χ4n) is 4.66. The first kappa shape index (κ1) is 22.7. The lowest BCUT2D eigenvalue weighted by Crippen LogP contribution is -2.29. The maximum Gasteiger partial charge on any atom is 0.295 e. The van der Waals surface area contributed by atoms with Gasteiger partial charge in [0.05, 0.1) is 23.6 Å². The van der Waals surface area contributed by atoms with E-state index in [0.717, 1.165) is 22.3 Å². The molecule has 0 spiro atoms. The average molecular weight is 470 g/mol. The summed E-state index contributed by atoms with van der Waals surface area (Å²) < 4.78 is 11.7. The van der Waals surface area contributed by atoms with Crippen molar-refractivity contribution in [3.8, 4) is 11.5 Å². The second kappa shape index (κ2) is 8.31. The molecule has 6 nitrogen and oxygen atoms in total. The molecule has 1 N–H and O–H groups in total. The summed E-state index contributed by atoms with van der Waals surface area (Å²) in [5, 5.41) is 10.7. The molecule has 0 saturated carbocycles. The summed E-state index contributed by atoms with van der Waals surface area (Å²) in [6, 6.07) is 13.6. The van der Waals surface area contributed by atoms with Crippen molar-refractivity contribution in [2.24, 2.45) is 0 Å². The van der Waals surface area contributed by atoms with Crippen LogP contribution in [0, 0.1) is 27.7 Å². The quantitative estimate of drug-likeness (QED) is 0.404. The Morgan fingerprint density at radius 3 is 2.34 bits per heavy atom.